The van der Waals surface area contributed by atoms with Crippen LogP contribution in [0.5, 0.6) is 5.75 Å². The van der Waals surface area contributed by atoms with Crippen LogP contribution in [-0.4, -0.2) is 30.3 Å². The van der Waals surface area contributed by atoms with E-state index >= 15 is 0 Å². The second-order valence-electron chi connectivity index (χ2n) is 4.67. The Labute approximate surface area is 107 Å². The zero-order valence-electron chi connectivity index (χ0n) is 10.4. The highest BCUT2D eigenvalue weighted by Gasteiger charge is 2.12. The van der Waals surface area contributed by atoms with Gasteiger partial charge in [0.15, 0.2) is 0 Å². The lowest BCUT2D eigenvalue weighted by atomic mass is 10.1. The van der Waals surface area contributed by atoms with E-state index in [2.05, 4.69) is 5.32 Å². The Hall–Kier alpha value is -1.55. The molecule has 0 aromatic heterocycles. The average Bonchev–Trinajstić information content (AvgIpc) is 2.38. The smallest absolute Gasteiger partial charge is 0.307 e. The highest BCUT2D eigenvalue weighted by molar-refractivity contribution is 5.70. The van der Waals surface area contributed by atoms with E-state index in [-0.39, 0.29) is 6.42 Å². The molecule has 2 rings (SSSR count). The van der Waals surface area contributed by atoms with Crippen LogP contribution in [0.15, 0.2) is 24.3 Å². The molecule has 0 aliphatic carbocycles. The quantitative estimate of drug-likeness (QED) is 0.836. The molecule has 1 aromatic rings. The van der Waals surface area contributed by atoms with Gasteiger partial charge in [-0.25, -0.2) is 0 Å². The molecule has 0 bridgehead atoms. The second-order valence-corrected chi connectivity index (χ2v) is 4.67. The first kappa shape index (κ1) is 12.9. The number of nitrogens with one attached hydrogen (secondary N) is 1. The van der Waals surface area contributed by atoms with Gasteiger partial charge in [0, 0.05) is 6.04 Å². The van der Waals surface area contributed by atoms with E-state index in [1.165, 1.54) is 12.8 Å². The lowest BCUT2D eigenvalue weighted by Gasteiger charge is -2.23. The van der Waals surface area contributed by atoms with E-state index in [1.807, 2.05) is 12.1 Å². The minimum Gasteiger partial charge on any atom is -0.492 e. The topological polar surface area (TPSA) is 58.6 Å². The van der Waals surface area contributed by atoms with Gasteiger partial charge in [-0.3, -0.25) is 4.79 Å². The van der Waals surface area contributed by atoms with Crippen LogP contribution >= 0.6 is 0 Å². The molecule has 1 heterocycles. The van der Waals surface area contributed by atoms with Gasteiger partial charge < -0.3 is 15.2 Å². The number of ether oxygens (including phenoxy) is 1. The van der Waals surface area contributed by atoms with Crippen molar-refractivity contribution in [2.75, 3.05) is 13.2 Å². The van der Waals surface area contributed by atoms with Gasteiger partial charge in [-0.15, -0.1) is 0 Å². The van der Waals surface area contributed by atoms with Crippen LogP contribution in [0, 0.1) is 0 Å². The summed E-state index contributed by atoms with van der Waals surface area (Å²) in [4.78, 5) is 10.5. The summed E-state index contributed by atoms with van der Waals surface area (Å²) >= 11 is 0. The fraction of sp³-hybridized carbons (Fsp3) is 0.500. The van der Waals surface area contributed by atoms with E-state index in [9.17, 15) is 4.79 Å². The molecule has 0 radical (unpaired) electrons. The fourth-order valence-electron chi connectivity index (χ4n) is 2.14. The van der Waals surface area contributed by atoms with Crippen LogP contribution < -0.4 is 10.1 Å². The minimum absolute atomic E-state index is 0.0600. The number of carboxylic acid groups (broad SMARTS) is 1. The first-order chi connectivity index (χ1) is 8.74. The third-order valence-corrected chi connectivity index (χ3v) is 3.14. The van der Waals surface area contributed by atoms with Crippen LogP contribution in [0.3, 0.4) is 0 Å². The maximum atomic E-state index is 10.5. The number of hydrogen-bond donors (Lipinski definition) is 2. The predicted molar refractivity (Wildman–Crippen MR) is 68.9 cm³/mol. The first-order valence-corrected chi connectivity index (χ1v) is 6.41. The number of aliphatic carboxylic acids is 1. The Kier molecular flexibility index (Phi) is 4.59. The van der Waals surface area contributed by atoms with E-state index < -0.39 is 5.97 Å². The molecule has 1 aliphatic heterocycles. The number of piperidine rings is 1. The van der Waals surface area contributed by atoms with Crippen molar-refractivity contribution in [2.45, 2.75) is 31.7 Å². The largest absolute Gasteiger partial charge is 0.492 e. The standard InChI is InChI=1S/C14H19NO3/c16-14(17)9-11-4-6-13(7-5-11)18-10-12-3-1-2-8-15-12/h4-7,12,15H,1-3,8-10H2,(H,16,17). The second kappa shape index (κ2) is 6.40. The molecular weight excluding hydrogens is 230 g/mol. The molecule has 1 atom stereocenters. The van der Waals surface area contributed by atoms with Gasteiger partial charge in [-0.1, -0.05) is 18.6 Å². The van der Waals surface area contributed by atoms with Gasteiger partial charge >= 0.3 is 5.97 Å². The lowest BCUT2D eigenvalue weighted by molar-refractivity contribution is -0.136. The molecule has 18 heavy (non-hydrogen) atoms. The highest BCUT2D eigenvalue weighted by Crippen LogP contribution is 2.14. The molecule has 1 saturated heterocycles. The summed E-state index contributed by atoms with van der Waals surface area (Å²) in [6, 6.07) is 7.72. The summed E-state index contributed by atoms with van der Waals surface area (Å²) in [5.41, 5.74) is 0.797. The fourth-order valence-corrected chi connectivity index (χ4v) is 2.14. The van der Waals surface area contributed by atoms with Crippen molar-refractivity contribution in [1.29, 1.82) is 0 Å². The van der Waals surface area contributed by atoms with Gasteiger partial charge in [0.2, 0.25) is 0 Å². The number of rotatable bonds is 5. The third-order valence-electron chi connectivity index (χ3n) is 3.14. The molecular formula is C14H19NO3. The SMILES string of the molecule is O=C(O)Cc1ccc(OCC2CCCCN2)cc1. The summed E-state index contributed by atoms with van der Waals surface area (Å²) in [6.07, 6.45) is 3.74. The Balaban J connectivity index is 1.80. The van der Waals surface area contributed by atoms with Crippen LogP contribution in [0.1, 0.15) is 24.8 Å². The van der Waals surface area contributed by atoms with Crippen molar-refractivity contribution in [3.8, 4) is 5.75 Å². The molecule has 4 heteroatoms. The van der Waals surface area contributed by atoms with Gasteiger partial charge in [-0.2, -0.15) is 0 Å². The Bertz CT molecular complexity index is 383. The number of carboxylic acids is 1. The van der Waals surface area contributed by atoms with E-state index in [1.54, 1.807) is 12.1 Å². The molecule has 1 fully saturated rings. The summed E-state index contributed by atoms with van der Waals surface area (Å²) in [5, 5.41) is 12.1. The van der Waals surface area contributed by atoms with Gasteiger partial charge in [0.1, 0.15) is 12.4 Å². The van der Waals surface area contributed by atoms with Crippen molar-refractivity contribution in [3.05, 3.63) is 29.8 Å². The summed E-state index contributed by atoms with van der Waals surface area (Å²) < 4.78 is 5.70. The zero-order chi connectivity index (χ0) is 12.8. The molecule has 98 valence electrons. The summed E-state index contributed by atoms with van der Waals surface area (Å²) in [6.45, 7) is 1.75. The van der Waals surface area contributed by atoms with E-state index in [4.69, 9.17) is 9.84 Å². The van der Waals surface area contributed by atoms with Gasteiger partial charge in [-0.05, 0) is 37.1 Å². The van der Waals surface area contributed by atoms with E-state index in [0.717, 1.165) is 24.3 Å². The summed E-state index contributed by atoms with van der Waals surface area (Å²) in [7, 11) is 0. The van der Waals surface area contributed by atoms with Crippen LogP contribution in [0.4, 0.5) is 0 Å². The first-order valence-electron chi connectivity index (χ1n) is 6.41. The van der Waals surface area contributed by atoms with Crippen molar-refractivity contribution in [2.24, 2.45) is 0 Å². The number of benzene rings is 1. The third kappa shape index (κ3) is 4.04. The summed E-state index contributed by atoms with van der Waals surface area (Å²) in [5.74, 6) is -0.00779. The maximum Gasteiger partial charge on any atom is 0.307 e. The molecule has 0 amide bonds. The molecule has 0 spiro atoms. The van der Waals surface area contributed by atoms with Crippen LogP contribution in [0.25, 0.3) is 0 Å². The number of hydrogen-bond acceptors (Lipinski definition) is 3. The zero-order valence-corrected chi connectivity index (χ0v) is 10.4. The average molecular weight is 249 g/mol. The molecule has 0 saturated carbocycles. The Morgan fingerprint density at radius 3 is 2.72 bits per heavy atom. The normalized spacial score (nSPS) is 19.4. The Morgan fingerprint density at radius 2 is 2.11 bits per heavy atom. The minimum atomic E-state index is -0.810. The van der Waals surface area contributed by atoms with Crippen LogP contribution in [-0.2, 0) is 11.2 Å². The van der Waals surface area contributed by atoms with E-state index in [0.29, 0.717) is 12.6 Å². The molecule has 1 unspecified atom stereocenters. The van der Waals surface area contributed by atoms with Gasteiger partial charge in [0.05, 0.1) is 6.42 Å². The van der Waals surface area contributed by atoms with Gasteiger partial charge in [0.25, 0.3) is 0 Å². The maximum absolute atomic E-state index is 10.5. The van der Waals surface area contributed by atoms with Crippen molar-refractivity contribution in [1.82, 2.24) is 5.32 Å². The highest BCUT2D eigenvalue weighted by atomic mass is 16.5. The molecule has 4 nitrogen and oxygen atoms in total. The molecule has 1 aromatic carbocycles. The number of carbonyl (C=O) groups is 1. The van der Waals surface area contributed by atoms with Crippen molar-refractivity contribution < 1.29 is 14.6 Å². The predicted octanol–water partition coefficient (Wildman–Crippen LogP) is 1.83. The lowest BCUT2D eigenvalue weighted by Crippen LogP contribution is -2.38. The molecule has 1 aliphatic rings. The van der Waals surface area contributed by atoms with Crippen molar-refractivity contribution >= 4 is 5.97 Å². The Morgan fingerprint density at radius 1 is 1.33 bits per heavy atom. The van der Waals surface area contributed by atoms with Crippen molar-refractivity contribution in [3.63, 3.8) is 0 Å². The monoisotopic (exact) mass is 249 g/mol. The molecule has 2 N–H and O–H groups in total. The van der Waals surface area contributed by atoms with Crippen LogP contribution in [0.2, 0.25) is 0 Å².